The van der Waals surface area contributed by atoms with Crippen molar-refractivity contribution >= 4 is 26.8 Å². The summed E-state index contributed by atoms with van der Waals surface area (Å²) < 4.78 is 0.954. The number of aromatic nitrogens is 2. The molecule has 1 aromatic carbocycles. The van der Waals surface area contributed by atoms with Crippen LogP contribution in [-0.4, -0.2) is 35.2 Å². The van der Waals surface area contributed by atoms with Gasteiger partial charge in [-0.2, -0.15) is 5.10 Å². The quantitative estimate of drug-likeness (QED) is 0.895. The van der Waals surface area contributed by atoms with Gasteiger partial charge in [0.05, 0.1) is 5.52 Å². The van der Waals surface area contributed by atoms with Gasteiger partial charge in [-0.1, -0.05) is 6.07 Å². The fourth-order valence-corrected chi connectivity index (χ4v) is 3.28. The standard InChI is InChI=1S/C13H17BrN4/c1-18-7-8(6-15)4-12(18)9-2-3-11-10(5-9)13(14)17-16-11/h2-3,5,8,12H,4,6-7,15H2,1H3,(H,16,17). The number of aromatic amines is 1. The van der Waals surface area contributed by atoms with Crippen molar-refractivity contribution in [2.75, 3.05) is 20.1 Å². The molecule has 0 spiro atoms. The van der Waals surface area contributed by atoms with Gasteiger partial charge in [0, 0.05) is 18.0 Å². The summed E-state index contributed by atoms with van der Waals surface area (Å²) in [5, 5.41) is 8.34. The van der Waals surface area contributed by atoms with Gasteiger partial charge in [-0.25, -0.2) is 0 Å². The Balaban J connectivity index is 1.96. The fourth-order valence-electron chi connectivity index (χ4n) is 2.87. The lowest BCUT2D eigenvalue weighted by Gasteiger charge is -2.19. The van der Waals surface area contributed by atoms with Crippen molar-refractivity contribution in [3.63, 3.8) is 0 Å². The van der Waals surface area contributed by atoms with Crippen LogP contribution in [0.3, 0.4) is 0 Å². The maximum Gasteiger partial charge on any atom is 0.108 e. The number of nitrogens with one attached hydrogen (secondary N) is 1. The van der Waals surface area contributed by atoms with Crippen LogP contribution in [0.4, 0.5) is 0 Å². The summed E-state index contributed by atoms with van der Waals surface area (Å²) in [4.78, 5) is 2.40. The minimum absolute atomic E-state index is 0.477. The van der Waals surface area contributed by atoms with Crippen LogP contribution < -0.4 is 5.73 Å². The molecule has 2 aromatic rings. The van der Waals surface area contributed by atoms with Gasteiger partial charge >= 0.3 is 0 Å². The van der Waals surface area contributed by atoms with E-state index < -0.39 is 0 Å². The Labute approximate surface area is 115 Å². The van der Waals surface area contributed by atoms with Gasteiger partial charge in [-0.05, 0) is 59.6 Å². The van der Waals surface area contributed by atoms with Crippen molar-refractivity contribution < 1.29 is 0 Å². The predicted molar refractivity (Wildman–Crippen MR) is 76.3 cm³/mol. The zero-order valence-corrected chi connectivity index (χ0v) is 11.9. The molecule has 1 aliphatic heterocycles. The summed E-state index contributed by atoms with van der Waals surface area (Å²) in [6.07, 6.45) is 1.15. The van der Waals surface area contributed by atoms with Crippen LogP contribution >= 0.6 is 15.9 Å². The van der Waals surface area contributed by atoms with Crippen molar-refractivity contribution in [3.8, 4) is 0 Å². The highest BCUT2D eigenvalue weighted by Crippen LogP contribution is 2.35. The predicted octanol–water partition coefficient (Wildman–Crippen LogP) is 2.28. The number of H-pyrrole nitrogens is 1. The van der Waals surface area contributed by atoms with E-state index in [1.807, 2.05) is 0 Å². The highest BCUT2D eigenvalue weighted by molar-refractivity contribution is 9.10. The number of benzene rings is 1. The molecule has 5 heteroatoms. The third kappa shape index (κ3) is 1.96. The summed E-state index contributed by atoms with van der Waals surface area (Å²) in [6.45, 7) is 1.87. The second-order valence-corrected chi connectivity index (χ2v) is 5.90. The minimum Gasteiger partial charge on any atom is -0.330 e. The van der Waals surface area contributed by atoms with Crippen LogP contribution in [0.2, 0.25) is 0 Å². The summed E-state index contributed by atoms with van der Waals surface area (Å²) in [6, 6.07) is 6.96. The average Bonchev–Trinajstić information content (AvgIpc) is 2.93. The molecule has 4 nitrogen and oxygen atoms in total. The molecule has 3 rings (SSSR count). The molecule has 18 heavy (non-hydrogen) atoms. The Kier molecular flexibility index (Phi) is 3.13. The number of nitrogens with zero attached hydrogens (tertiary/aromatic N) is 2. The molecule has 2 unspecified atom stereocenters. The van der Waals surface area contributed by atoms with Gasteiger partial charge < -0.3 is 5.73 Å². The number of rotatable bonds is 2. The van der Waals surface area contributed by atoms with E-state index in [4.69, 9.17) is 5.73 Å². The lowest BCUT2D eigenvalue weighted by Crippen LogP contribution is -2.20. The van der Waals surface area contributed by atoms with Gasteiger partial charge in [-0.3, -0.25) is 10.00 Å². The van der Waals surface area contributed by atoms with Gasteiger partial charge in [-0.15, -0.1) is 0 Å². The molecule has 0 amide bonds. The monoisotopic (exact) mass is 308 g/mol. The van der Waals surface area contributed by atoms with Crippen molar-refractivity contribution in [3.05, 3.63) is 28.4 Å². The van der Waals surface area contributed by atoms with Crippen LogP contribution in [0.15, 0.2) is 22.8 Å². The molecular weight excluding hydrogens is 292 g/mol. The first kappa shape index (κ1) is 12.1. The maximum atomic E-state index is 5.79. The number of likely N-dealkylation sites (tertiary alicyclic amines) is 1. The van der Waals surface area contributed by atoms with Crippen LogP contribution in [-0.2, 0) is 0 Å². The summed E-state index contributed by atoms with van der Waals surface area (Å²) in [5.41, 5.74) is 8.14. The lowest BCUT2D eigenvalue weighted by atomic mass is 9.99. The van der Waals surface area contributed by atoms with Crippen molar-refractivity contribution in [1.82, 2.24) is 15.1 Å². The molecule has 0 saturated carbocycles. The highest BCUT2D eigenvalue weighted by Gasteiger charge is 2.29. The molecule has 2 atom stereocenters. The van der Waals surface area contributed by atoms with Crippen LogP contribution in [0.1, 0.15) is 18.0 Å². The van der Waals surface area contributed by atoms with Gasteiger partial charge in [0.2, 0.25) is 0 Å². The summed E-state index contributed by atoms with van der Waals surface area (Å²) >= 11 is 3.50. The van der Waals surface area contributed by atoms with Gasteiger partial charge in [0.25, 0.3) is 0 Å². The van der Waals surface area contributed by atoms with Crippen molar-refractivity contribution in [1.29, 1.82) is 0 Å². The van der Waals surface area contributed by atoms with E-state index in [1.54, 1.807) is 0 Å². The molecule has 1 aromatic heterocycles. The second-order valence-electron chi connectivity index (χ2n) is 5.11. The molecule has 96 valence electrons. The highest BCUT2D eigenvalue weighted by atomic mass is 79.9. The molecule has 2 heterocycles. The molecule has 0 aliphatic carbocycles. The van der Waals surface area contributed by atoms with Crippen LogP contribution in [0, 0.1) is 5.92 Å². The van der Waals surface area contributed by atoms with Crippen molar-refractivity contribution in [2.45, 2.75) is 12.5 Å². The normalized spacial score (nSPS) is 25.1. The Hall–Kier alpha value is -0.910. The lowest BCUT2D eigenvalue weighted by molar-refractivity contribution is 0.314. The van der Waals surface area contributed by atoms with Crippen LogP contribution in [0.5, 0.6) is 0 Å². The first-order valence-corrected chi connectivity index (χ1v) is 7.02. The third-order valence-corrected chi connectivity index (χ3v) is 4.49. The first-order valence-electron chi connectivity index (χ1n) is 6.23. The van der Waals surface area contributed by atoms with Gasteiger partial charge in [0.1, 0.15) is 4.60 Å². The largest absolute Gasteiger partial charge is 0.330 e. The topological polar surface area (TPSA) is 57.9 Å². The summed E-state index contributed by atoms with van der Waals surface area (Å²) in [7, 11) is 2.18. The smallest absolute Gasteiger partial charge is 0.108 e. The molecular formula is C13H17BrN4. The molecule has 0 radical (unpaired) electrons. The second kappa shape index (κ2) is 4.64. The number of hydrogen-bond acceptors (Lipinski definition) is 3. The van der Waals surface area contributed by atoms with Gasteiger partial charge in [0.15, 0.2) is 0 Å². The zero-order chi connectivity index (χ0) is 12.7. The fraction of sp³-hybridized carbons (Fsp3) is 0.462. The summed E-state index contributed by atoms with van der Waals surface area (Å²) in [5.74, 6) is 0.614. The SMILES string of the molecule is CN1CC(CN)CC1c1ccc2n[nH]c(Br)c2c1. The molecule has 0 bridgehead atoms. The first-order chi connectivity index (χ1) is 8.69. The van der Waals surface area contributed by atoms with E-state index in [0.29, 0.717) is 12.0 Å². The Morgan fingerprint density at radius 2 is 2.39 bits per heavy atom. The van der Waals surface area contributed by atoms with E-state index in [9.17, 15) is 0 Å². The van der Waals surface area contributed by atoms with E-state index in [1.165, 1.54) is 5.56 Å². The Morgan fingerprint density at radius 3 is 3.11 bits per heavy atom. The minimum atomic E-state index is 0.477. The van der Waals surface area contributed by atoms with E-state index in [2.05, 4.69) is 56.3 Å². The molecule has 1 aliphatic rings. The van der Waals surface area contributed by atoms with E-state index in [-0.39, 0.29) is 0 Å². The van der Waals surface area contributed by atoms with Crippen LogP contribution in [0.25, 0.3) is 10.9 Å². The van der Waals surface area contributed by atoms with E-state index >= 15 is 0 Å². The Morgan fingerprint density at radius 1 is 1.56 bits per heavy atom. The number of halogens is 1. The van der Waals surface area contributed by atoms with Crippen molar-refractivity contribution in [2.24, 2.45) is 11.7 Å². The van der Waals surface area contributed by atoms with E-state index in [0.717, 1.165) is 35.0 Å². The number of hydrogen-bond donors (Lipinski definition) is 2. The molecule has 1 saturated heterocycles. The molecule has 3 N–H and O–H groups in total. The number of nitrogens with two attached hydrogens (primary N) is 1. The zero-order valence-electron chi connectivity index (χ0n) is 10.4. The maximum absolute atomic E-state index is 5.79. The number of fused-ring (bicyclic) bond motifs is 1. The third-order valence-electron chi connectivity index (χ3n) is 3.88. The molecule has 1 fully saturated rings. The average molecular weight is 309 g/mol. The Bertz CT molecular complexity index is 565.